The van der Waals surface area contributed by atoms with Crippen molar-refractivity contribution in [2.24, 2.45) is 11.5 Å². The Morgan fingerprint density at radius 2 is 1.60 bits per heavy atom. The molecule has 0 spiro atoms. The first-order valence-electron chi connectivity index (χ1n) is 10.1. The molecule has 1 aromatic carbocycles. The monoisotopic (exact) mass is 419 g/mol. The zero-order valence-electron chi connectivity index (χ0n) is 17.5. The molecule has 1 saturated carbocycles. The number of nitrogens with one attached hydrogen (secondary N) is 3. The molecule has 1 atom stereocenters. The quantitative estimate of drug-likeness (QED) is 0.239. The highest BCUT2D eigenvalue weighted by Crippen LogP contribution is 2.15. The topological polar surface area (TPSA) is 160 Å². The standard InChI is InChI=1S/C15H21N5O4.C6H12/c1-24-13(22)6-11(20-12(21)7-16)15(23)19-8-9-2-4-10(5-3-9)14(17)18;1-2-4-6-5-3-1/h2-5,11H,6-8,16H2,1H3,(H3,17,18)(H,19,23)(H,20,21);1-6H2. The van der Waals surface area contributed by atoms with E-state index in [0.29, 0.717) is 5.56 Å². The minimum atomic E-state index is -1.06. The Bertz CT molecular complexity index is 672. The van der Waals surface area contributed by atoms with Crippen LogP contribution in [-0.2, 0) is 25.7 Å². The second-order valence-electron chi connectivity index (χ2n) is 7.05. The molecule has 1 aromatic rings. The summed E-state index contributed by atoms with van der Waals surface area (Å²) in [7, 11) is 1.19. The number of ether oxygens (including phenoxy) is 1. The van der Waals surface area contributed by atoms with Gasteiger partial charge < -0.3 is 26.8 Å². The van der Waals surface area contributed by atoms with E-state index in [0.717, 1.165) is 5.56 Å². The molecule has 0 saturated heterocycles. The third kappa shape index (κ3) is 10.0. The van der Waals surface area contributed by atoms with Gasteiger partial charge in [0.25, 0.3) is 0 Å². The zero-order valence-corrected chi connectivity index (χ0v) is 17.5. The fraction of sp³-hybridized carbons (Fsp3) is 0.524. The Labute approximate surface area is 177 Å². The summed E-state index contributed by atoms with van der Waals surface area (Å²) in [6.07, 6.45) is 8.71. The second kappa shape index (κ2) is 14.1. The number of carbonyl (C=O) groups excluding carboxylic acids is 3. The molecule has 166 valence electrons. The van der Waals surface area contributed by atoms with Crippen LogP contribution in [0.3, 0.4) is 0 Å². The van der Waals surface area contributed by atoms with Crippen LogP contribution in [0.4, 0.5) is 0 Å². The van der Waals surface area contributed by atoms with Crippen molar-refractivity contribution in [2.75, 3.05) is 13.7 Å². The lowest BCUT2D eigenvalue weighted by Crippen LogP contribution is -2.49. The van der Waals surface area contributed by atoms with Gasteiger partial charge >= 0.3 is 5.97 Å². The highest BCUT2D eigenvalue weighted by Gasteiger charge is 2.23. The Kier molecular flexibility index (Phi) is 11.8. The maximum absolute atomic E-state index is 12.2. The van der Waals surface area contributed by atoms with Gasteiger partial charge in [0.1, 0.15) is 11.9 Å². The first-order chi connectivity index (χ1) is 14.4. The van der Waals surface area contributed by atoms with Crippen molar-refractivity contribution in [1.82, 2.24) is 10.6 Å². The summed E-state index contributed by atoms with van der Waals surface area (Å²) in [6, 6.07) is 5.68. The molecule has 0 bridgehead atoms. The van der Waals surface area contributed by atoms with Gasteiger partial charge in [-0.05, 0) is 5.56 Å². The molecule has 0 radical (unpaired) electrons. The second-order valence-corrected chi connectivity index (χ2v) is 7.05. The van der Waals surface area contributed by atoms with Crippen molar-refractivity contribution < 1.29 is 19.1 Å². The molecule has 7 N–H and O–H groups in total. The number of benzene rings is 1. The van der Waals surface area contributed by atoms with Crippen molar-refractivity contribution in [3.8, 4) is 0 Å². The van der Waals surface area contributed by atoms with Crippen LogP contribution in [0.1, 0.15) is 56.1 Å². The number of methoxy groups -OCH3 is 1. The molecule has 1 aliphatic carbocycles. The van der Waals surface area contributed by atoms with Gasteiger partial charge in [0.15, 0.2) is 0 Å². The molecule has 1 aliphatic rings. The number of hydrogen-bond donors (Lipinski definition) is 5. The smallest absolute Gasteiger partial charge is 0.308 e. The predicted octanol–water partition coefficient (Wildman–Crippen LogP) is 0.934. The number of nitrogens with two attached hydrogens (primary N) is 2. The van der Waals surface area contributed by atoms with Gasteiger partial charge in [0, 0.05) is 12.1 Å². The molecular formula is C21H33N5O4. The van der Waals surface area contributed by atoms with Gasteiger partial charge in [0.05, 0.1) is 20.1 Å². The fourth-order valence-electron chi connectivity index (χ4n) is 2.89. The summed E-state index contributed by atoms with van der Waals surface area (Å²) in [5.41, 5.74) is 11.9. The van der Waals surface area contributed by atoms with Gasteiger partial charge in [-0.25, -0.2) is 0 Å². The molecular weight excluding hydrogens is 386 g/mol. The first kappa shape index (κ1) is 25.1. The lowest BCUT2D eigenvalue weighted by Gasteiger charge is -2.17. The predicted molar refractivity (Wildman–Crippen MR) is 115 cm³/mol. The third-order valence-corrected chi connectivity index (χ3v) is 4.67. The Balaban J connectivity index is 0.000000637. The van der Waals surface area contributed by atoms with Crippen LogP contribution in [0, 0.1) is 5.41 Å². The Hall–Kier alpha value is -2.94. The van der Waals surface area contributed by atoms with Crippen LogP contribution in [0.5, 0.6) is 0 Å². The van der Waals surface area contributed by atoms with Crippen molar-refractivity contribution in [3.05, 3.63) is 35.4 Å². The molecule has 30 heavy (non-hydrogen) atoms. The zero-order chi connectivity index (χ0) is 22.4. The summed E-state index contributed by atoms with van der Waals surface area (Å²) in [5.74, 6) is -1.76. The Morgan fingerprint density at radius 1 is 1.07 bits per heavy atom. The number of esters is 1. The average Bonchev–Trinajstić information content (AvgIpc) is 2.78. The number of rotatable bonds is 8. The van der Waals surface area contributed by atoms with Crippen LogP contribution in [0.15, 0.2) is 24.3 Å². The number of carbonyl (C=O) groups is 3. The lowest BCUT2D eigenvalue weighted by atomic mass is 10.0. The highest BCUT2D eigenvalue weighted by molar-refractivity contribution is 5.95. The number of hydrogen-bond acceptors (Lipinski definition) is 6. The van der Waals surface area contributed by atoms with Gasteiger partial charge in [-0.2, -0.15) is 0 Å². The largest absolute Gasteiger partial charge is 0.469 e. The van der Waals surface area contributed by atoms with E-state index >= 15 is 0 Å². The van der Waals surface area contributed by atoms with Gasteiger partial charge in [-0.3, -0.25) is 19.8 Å². The molecule has 9 heteroatoms. The average molecular weight is 420 g/mol. The van der Waals surface area contributed by atoms with Crippen LogP contribution in [0.25, 0.3) is 0 Å². The van der Waals surface area contributed by atoms with E-state index in [9.17, 15) is 14.4 Å². The molecule has 1 fully saturated rings. The summed E-state index contributed by atoms with van der Waals surface area (Å²) in [5, 5.41) is 12.3. The minimum Gasteiger partial charge on any atom is -0.469 e. The molecule has 9 nitrogen and oxygen atoms in total. The van der Waals surface area contributed by atoms with Crippen molar-refractivity contribution in [1.29, 1.82) is 5.41 Å². The SMILES string of the molecule is C1CCCCC1.COC(=O)CC(NC(=O)CN)C(=O)NCc1ccc(C(=N)N)cc1. The summed E-state index contributed by atoms with van der Waals surface area (Å²) >= 11 is 0. The van der Waals surface area contributed by atoms with Crippen molar-refractivity contribution in [2.45, 2.75) is 57.5 Å². The maximum Gasteiger partial charge on any atom is 0.308 e. The Morgan fingerprint density at radius 3 is 2.03 bits per heavy atom. The molecule has 2 amide bonds. The highest BCUT2D eigenvalue weighted by atomic mass is 16.5. The first-order valence-corrected chi connectivity index (χ1v) is 10.1. The fourth-order valence-corrected chi connectivity index (χ4v) is 2.89. The summed E-state index contributed by atoms with van der Waals surface area (Å²) < 4.78 is 4.51. The van der Waals surface area contributed by atoms with E-state index in [4.69, 9.17) is 16.9 Å². The van der Waals surface area contributed by atoms with Gasteiger partial charge in [-0.1, -0.05) is 62.8 Å². The van der Waals surface area contributed by atoms with Crippen LogP contribution < -0.4 is 22.1 Å². The summed E-state index contributed by atoms with van der Waals surface area (Å²) in [4.78, 5) is 34.9. The van der Waals surface area contributed by atoms with E-state index in [1.54, 1.807) is 24.3 Å². The van der Waals surface area contributed by atoms with E-state index in [1.165, 1.54) is 45.6 Å². The van der Waals surface area contributed by atoms with E-state index in [-0.39, 0.29) is 25.3 Å². The van der Waals surface area contributed by atoms with Crippen molar-refractivity contribution >= 4 is 23.6 Å². The number of nitrogen functional groups attached to an aromatic ring is 1. The van der Waals surface area contributed by atoms with Gasteiger partial charge in [-0.15, -0.1) is 0 Å². The number of amides is 2. The van der Waals surface area contributed by atoms with Crippen LogP contribution >= 0.6 is 0 Å². The third-order valence-electron chi connectivity index (χ3n) is 4.67. The van der Waals surface area contributed by atoms with E-state index < -0.39 is 23.8 Å². The summed E-state index contributed by atoms with van der Waals surface area (Å²) in [6.45, 7) is -0.107. The van der Waals surface area contributed by atoms with Crippen molar-refractivity contribution in [3.63, 3.8) is 0 Å². The molecule has 0 heterocycles. The normalized spacial score (nSPS) is 13.8. The number of amidine groups is 1. The molecule has 2 rings (SSSR count). The van der Waals surface area contributed by atoms with Crippen LogP contribution in [-0.4, -0.2) is 43.3 Å². The minimum absolute atomic E-state index is 0.0479. The lowest BCUT2D eigenvalue weighted by molar-refractivity contribution is -0.143. The molecule has 0 aromatic heterocycles. The van der Waals surface area contributed by atoms with Crippen LogP contribution in [0.2, 0.25) is 0 Å². The van der Waals surface area contributed by atoms with E-state index in [2.05, 4.69) is 15.4 Å². The molecule has 0 aliphatic heterocycles. The van der Waals surface area contributed by atoms with Gasteiger partial charge in [0.2, 0.25) is 11.8 Å². The molecule has 1 unspecified atom stereocenters. The van der Waals surface area contributed by atoms with E-state index in [1.807, 2.05) is 0 Å². The maximum atomic E-state index is 12.2.